The molecule has 0 spiro atoms. The summed E-state index contributed by atoms with van der Waals surface area (Å²) in [6.45, 7) is 3.55. The van der Waals surface area contributed by atoms with E-state index in [1.807, 2.05) is 0 Å². The summed E-state index contributed by atoms with van der Waals surface area (Å²) in [6.07, 6.45) is 2.67. The van der Waals surface area contributed by atoms with Crippen LogP contribution in [0.25, 0.3) is 0 Å². The number of carbonyl (C=O) groups is 1. The largest absolute Gasteiger partial charge is 0.460 e. The Kier molecular flexibility index (Phi) is 2.65. The molecule has 2 atom stereocenters. The van der Waals surface area contributed by atoms with Crippen molar-refractivity contribution in [3.05, 3.63) is 12.7 Å². The van der Waals surface area contributed by atoms with E-state index in [2.05, 4.69) is 6.58 Å². The highest BCUT2D eigenvalue weighted by Crippen LogP contribution is 2.17. The molecule has 0 bridgehead atoms. The predicted molar refractivity (Wildman–Crippen MR) is 39.9 cm³/mol. The third-order valence-corrected chi connectivity index (χ3v) is 1.75. The van der Waals surface area contributed by atoms with Gasteiger partial charge < -0.3 is 9.84 Å². The third-order valence-electron chi connectivity index (χ3n) is 1.75. The molecular formula is C8H12O3. The van der Waals surface area contributed by atoms with Crippen LogP contribution in [0.1, 0.15) is 19.3 Å². The topological polar surface area (TPSA) is 46.5 Å². The van der Waals surface area contributed by atoms with Gasteiger partial charge in [0.15, 0.2) is 6.10 Å². The molecule has 0 saturated carbocycles. The van der Waals surface area contributed by atoms with E-state index in [1.165, 1.54) is 0 Å². The molecular weight excluding hydrogens is 144 g/mol. The summed E-state index contributed by atoms with van der Waals surface area (Å²) in [6, 6.07) is 0. The van der Waals surface area contributed by atoms with Gasteiger partial charge in [-0.3, -0.25) is 0 Å². The zero-order chi connectivity index (χ0) is 8.27. The highest BCUT2D eigenvalue weighted by atomic mass is 16.6. The van der Waals surface area contributed by atoms with Crippen molar-refractivity contribution >= 4 is 5.97 Å². The van der Waals surface area contributed by atoms with Crippen LogP contribution < -0.4 is 0 Å². The van der Waals surface area contributed by atoms with Crippen LogP contribution in [0.5, 0.6) is 0 Å². The zero-order valence-electron chi connectivity index (χ0n) is 6.32. The molecule has 1 aliphatic heterocycles. The van der Waals surface area contributed by atoms with Crippen LogP contribution in [0.15, 0.2) is 12.7 Å². The molecule has 1 heterocycles. The van der Waals surface area contributed by atoms with Crippen LogP contribution >= 0.6 is 0 Å². The number of cyclic esters (lactones) is 1. The van der Waals surface area contributed by atoms with E-state index < -0.39 is 12.1 Å². The van der Waals surface area contributed by atoms with Crippen LogP contribution in [0.2, 0.25) is 0 Å². The standard InChI is InChI=1S/C8H12O3/c1-2-3-6-4-5-7(9)8(10)11-6/h2,6-7,9H,1,3-5H2. The maximum Gasteiger partial charge on any atom is 0.335 e. The van der Waals surface area contributed by atoms with E-state index in [0.717, 1.165) is 6.42 Å². The molecule has 1 saturated heterocycles. The fraction of sp³-hybridized carbons (Fsp3) is 0.625. The first-order chi connectivity index (χ1) is 5.24. The van der Waals surface area contributed by atoms with E-state index in [4.69, 9.17) is 9.84 Å². The van der Waals surface area contributed by atoms with Crippen molar-refractivity contribution in [3.63, 3.8) is 0 Å². The molecule has 0 amide bonds. The smallest absolute Gasteiger partial charge is 0.335 e. The average molecular weight is 156 g/mol. The minimum absolute atomic E-state index is 0.0663. The predicted octanol–water partition coefficient (Wildman–Crippen LogP) is 0.629. The van der Waals surface area contributed by atoms with Gasteiger partial charge in [-0.25, -0.2) is 4.79 Å². The summed E-state index contributed by atoms with van der Waals surface area (Å²) in [7, 11) is 0. The molecule has 3 heteroatoms. The van der Waals surface area contributed by atoms with Crippen molar-refractivity contribution in [2.75, 3.05) is 0 Å². The second-order valence-electron chi connectivity index (χ2n) is 2.68. The summed E-state index contributed by atoms with van der Waals surface area (Å²) in [5, 5.41) is 8.96. The van der Waals surface area contributed by atoms with Crippen LogP contribution in [-0.4, -0.2) is 23.3 Å². The van der Waals surface area contributed by atoms with E-state index >= 15 is 0 Å². The Bertz CT molecular complexity index is 165. The molecule has 1 rings (SSSR count). The quantitative estimate of drug-likeness (QED) is 0.471. The van der Waals surface area contributed by atoms with Crippen molar-refractivity contribution < 1.29 is 14.6 Å². The van der Waals surface area contributed by atoms with Crippen molar-refractivity contribution in [3.8, 4) is 0 Å². The lowest BCUT2D eigenvalue weighted by molar-refractivity contribution is -0.166. The summed E-state index contributed by atoms with van der Waals surface area (Å²) in [5.74, 6) is -0.497. The second-order valence-corrected chi connectivity index (χ2v) is 2.68. The number of carbonyl (C=O) groups excluding carboxylic acids is 1. The number of ether oxygens (including phenoxy) is 1. The fourth-order valence-electron chi connectivity index (χ4n) is 1.12. The van der Waals surface area contributed by atoms with E-state index in [-0.39, 0.29) is 6.10 Å². The highest BCUT2D eigenvalue weighted by molar-refractivity contribution is 5.75. The van der Waals surface area contributed by atoms with Gasteiger partial charge in [-0.15, -0.1) is 6.58 Å². The van der Waals surface area contributed by atoms with E-state index in [0.29, 0.717) is 12.8 Å². The summed E-state index contributed by atoms with van der Waals surface area (Å²) >= 11 is 0. The molecule has 62 valence electrons. The van der Waals surface area contributed by atoms with Gasteiger partial charge >= 0.3 is 5.97 Å². The molecule has 1 N–H and O–H groups in total. The van der Waals surface area contributed by atoms with Crippen LogP contribution in [0.3, 0.4) is 0 Å². The number of aliphatic hydroxyl groups is 1. The van der Waals surface area contributed by atoms with E-state index in [9.17, 15) is 4.79 Å². The number of rotatable bonds is 2. The summed E-state index contributed by atoms with van der Waals surface area (Å²) in [4.78, 5) is 10.8. The molecule has 3 nitrogen and oxygen atoms in total. The van der Waals surface area contributed by atoms with Gasteiger partial charge in [0.1, 0.15) is 6.10 Å². The van der Waals surface area contributed by atoms with Crippen LogP contribution in [0.4, 0.5) is 0 Å². The number of hydrogen-bond acceptors (Lipinski definition) is 3. The maximum absolute atomic E-state index is 10.8. The van der Waals surface area contributed by atoms with Gasteiger partial charge in [-0.2, -0.15) is 0 Å². The normalized spacial score (nSPS) is 31.2. The Hall–Kier alpha value is -0.830. The molecule has 0 aromatic rings. The molecule has 0 radical (unpaired) electrons. The SMILES string of the molecule is C=CCC1CCC(O)C(=O)O1. The van der Waals surface area contributed by atoms with Gasteiger partial charge in [-0.05, 0) is 12.8 Å². The number of esters is 1. The average Bonchev–Trinajstić information content (AvgIpc) is 1.98. The lowest BCUT2D eigenvalue weighted by atomic mass is 10.0. The first-order valence-corrected chi connectivity index (χ1v) is 3.73. The van der Waals surface area contributed by atoms with Crippen LogP contribution in [0, 0.1) is 0 Å². The van der Waals surface area contributed by atoms with Crippen molar-refractivity contribution in [2.45, 2.75) is 31.5 Å². The van der Waals surface area contributed by atoms with Crippen molar-refractivity contribution in [1.82, 2.24) is 0 Å². The van der Waals surface area contributed by atoms with Crippen LogP contribution in [-0.2, 0) is 9.53 Å². The van der Waals surface area contributed by atoms with Gasteiger partial charge in [0.05, 0.1) is 0 Å². The lowest BCUT2D eigenvalue weighted by Crippen LogP contribution is -2.34. The summed E-state index contributed by atoms with van der Waals surface area (Å²) < 4.78 is 4.88. The first kappa shape index (κ1) is 8.27. The van der Waals surface area contributed by atoms with Gasteiger partial charge in [0.2, 0.25) is 0 Å². The molecule has 2 unspecified atom stereocenters. The Balaban J connectivity index is 2.39. The Morgan fingerprint density at radius 2 is 2.45 bits per heavy atom. The maximum atomic E-state index is 10.8. The van der Waals surface area contributed by atoms with Crippen molar-refractivity contribution in [1.29, 1.82) is 0 Å². The monoisotopic (exact) mass is 156 g/mol. The molecule has 1 aliphatic rings. The molecule has 1 fully saturated rings. The summed E-state index contributed by atoms with van der Waals surface area (Å²) in [5.41, 5.74) is 0. The number of hydrogen-bond donors (Lipinski definition) is 1. The molecule has 0 aliphatic carbocycles. The Morgan fingerprint density at radius 3 is 3.00 bits per heavy atom. The third kappa shape index (κ3) is 2.05. The Labute approximate surface area is 65.7 Å². The molecule has 0 aromatic carbocycles. The van der Waals surface area contributed by atoms with E-state index in [1.54, 1.807) is 6.08 Å². The zero-order valence-corrected chi connectivity index (χ0v) is 6.32. The minimum Gasteiger partial charge on any atom is -0.460 e. The Morgan fingerprint density at radius 1 is 1.73 bits per heavy atom. The molecule has 11 heavy (non-hydrogen) atoms. The van der Waals surface area contributed by atoms with Gasteiger partial charge in [0, 0.05) is 6.42 Å². The minimum atomic E-state index is -0.906. The van der Waals surface area contributed by atoms with Gasteiger partial charge in [0.25, 0.3) is 0 Å². The molecule has 0 aromatic heterocycles. The lowest BCUT2D eigenvalue weighted by Gasteiger charge is -2.24. The van der Waals surface area contributed by atoms with Crippen molar-refractivity contribution in [2.24, 2.45) is 0 Å². The fourth-order valence-corrected chi connectivity index (χ4v) is 1.12. The highest BCUT2D eigenvalue weighted by Gasteiger charge is 2.27. The number of aliphatic hydroxyl groups excluding tert-OH is 1. The second kappa shape index (κ2) is 3.53. The van der Waals surface area contributed by atoms with Gasteiger partial charge in [-0.1, -0.05) is 6.08 Å². The first-order valence-electron chi connectivity index (χ1n) is 3.73.